The maximum Gasteiger partial charge on any atom is 0.226 e. The average molecular weight is 333 g/mol. The predicted molar refractivity (Wildman–Crippen MR) is 94.4 cm³/mol. The molecule has 0 aliphatic carbocycles. The van der Waals surface area contributed by atoms with E-state index in [1.165, 1.54) is 11.3 Å². The molecule has 3 N–H and O–H groups in total. The maximum atomic E-state index is 11.9. The predicted octanol–water partition coefficient (Wildman–Crippen LogP) is 2.87. The number of carbonyl (C=O) groups excluding carboxylic acids is 1. The van der Waals surface area contributed by atoms with E-state index in [4.69, 9.17) is 10.5 Å². The number of rotatable bonds is 8. The highest BCUT2D eigenvalue weighted by Gasteiger charge is 2.10. The minimum Gasteiger partial charge on any atom is -0.398 e. The van der Waals surface area contributed by atoms with Gasteiger partial charge in [-0.3, -0.25) is 4.79 Å². The van der Waals surface area contributed by atoms with Gasteiger partial charge in [0.15, 0.2) is 0 Å². The number of hydrogen-bond donors (Lipinski definition) is 2. The van der Waals surface area contributed by atoms with Crippen molar-refractivity contribution in [1.29, 1.82) is 0 Å². The molecule has 2 aromatic rings. The van der Waals surface area contributed by atoms with E-state index in [1.807, 2.05) is 43.5 Å². The molecule has 0 aliphatic rings. The summed E-state index contributed by atoms with van der Waals surface area (Å²) in [5.41, 5.74) is 8.33. The van der Waals surface area contributed by atoms with Gasteiger partial charge in [0.1, 0.15) is 5.01 Å². The molecule has 0 saturated heterocycles. The Morgan fingerprint density at radius 1 is 1.39 bits per heavy atom. The van der Waals surface area contributed by atoms with E-state index in [-0.39, 0.29) is 18.4 Å². The van der Waals surface area contributed by atoms with Crippen molar-refractivity contribution >= 4 is 22.9 Å². The van der Waals surface area contributed by atoms with Gasteiger partial charge in [-0.1, -0.05) is 12.1 Å². The first kappa shape index (κ1) is 17.4. The minimum atomic E-state index is -0.0209. The van der Waals surface area contributed by atoms with Crippen molar-refractivity contribution in [3.05, 3.63) is 35.3 Å². The molecule has 124 valence electrons. The van der Waals surface area contributed by atoms with E-state index < -0.39 is 0 Å². The summed E-state index contributed by atoms with van der Waals surface area (Å²) in [7, 11) is 0. The van der Waals surface area contributed by atoms with Crippen LogP contribution in [-0.4, -0.2) is 30.1 Å². The number of para-hydroxylation sites is 1. The van der Waals surface area contributed by atoms with Gasteiger partial charge >= 0.3 is 0 Å². The first-order valence-corrected chi connectivity index (χ1v) is 8.62. The second-order valence-electron chi connectivity index (χ2n) is 5.53. The number of anilines is 1. The van der Waals surface area contributed by atoms with Crippen LogP contribution in [0.3, 0.4) is 0 Å². The van der Waals surface area contributed by atoms with Crippen molar-refractivity contribution in [3.63, 3.8) is 0 Å². The quantitative estimate of drug-likeness (QED) is 0.575. The van der Waals surface area contributed by atoms with Crippen LogP contribution in [0, 0.1) is 0 Å². The van der Waals surface area contributed by atoms with Gasteiger partial charge in [-0.25, -0.2) is 4.98 Å². The smallest absolute Gasteiger partial charge is 0.226 e. The van der Waals surface area contributed by atoms with Crippen LogP contribution < -0.4 is 11.1 Å². The van der Waals surface area contributed by atoms with Crippen LogP contribution in [-0.2, 0) is 16.0 Å². The van der Waals surface area contributed by atoms with Gasteiger partial charge < -0.3 is 15.8 Å². The second kappa shape index (κ2) is 8.64. The number of amides is 1. The molecule has 23 heavy (non-hydrogen) atoms. The maximum absolute atomic E-state index is 11.9. The molecule has 0 saturated carbocycles. The lowest BCUT2D eigenvalue weighted by Gasteiger charge is -2.07. The molecule has 6 heteroatoms. The molecule has 5 nitrogen and oxygen atoms in total. The third-order valence-corrected chi connectivity index (χ3v) is 4.10. The molecule has 0 aliphatic heterocycles. The zero-order valence-electron chi connectivity index (χ0n) is 13.5. The van der Waals surface area contributed by atoms with Crippen LogP contribution in [0.15, 0.2) is 29.6 Å². The summed E-state index contributed by atoms with van der Waals surface area (Å²) in [6, 6.07) is 7.61. The number of ether oxygens (including phenoxy) is 1. The Morgan fingerprint density at radius 2 is 2.17 bits per heavy atom. The molecule has 2 rings (SSSR count). The first-order chi connectivity index (χ1) is 11.1. The summed E-state index contributed by atoms with van der Waals surface area (Å²) in [6.07, 6.45) is 1.32. The highest BCUT2D eigenvalue weighted by molar-refractivity contribution is 7.13. The molecule has 1 aromatic carbocycles. The standard InChI is InChI=1S/C17H23N3O2S/c1-12(2)22-9-5-8-19-16(21)10-13-11-23-17(20-13)14-6-3-4-7-15(14)18/h3-4,6-7,11-12H,5,8-10,18H2,1-2H3,(H,19,21). The van der Waals surface area contributed by atoms with Crippen molar-refractivity contribution in [2.75, 3.05) is 18.9 Å². The van der Waals surface area contributed by atoms with Crippen molar-refractivity contribution in [2.45, 2.75) is 32.8 Å². The zero-order valence-corrected chi connectivity index (χ0v) is 14.4. The third-order valence-electron chi connectivity index (χ3n) is 3.18. The number of nitrogens with one attached hydrogen (secondary N) is 1. The average Bonchev–Trinajstić information content (AvgIpc) is 2.95. The van der Waals surface area contributed by atoms with Gasteiger partial charge in [0.2, 0.25) is 5.91 Å². The zero-order chi connectivity index (χ0) is 16.7. The number of nitrogen functional groups attached to an aromatic ring is 1. The van der Waals surface area contributed by atoms with E-state index >= 15 is 0 Å². The molecule has 0 spiro atoms. The lowest BCUT2D eigenvalue weighted by atomic mass is 10.2. The molecule has 0 fully saturated rings. The number of aromatic nitrogens is 1. The third kappa shape index (κ3) is 5.65. The van der Waals surface area contributed by atoms with Crippen LogP contribution in [0.1, 0.15) is 26.0 Å². The Balaban J connectivity index is 1.80. The Kier molecular flexibility index (Phi) is 6.55. The number of thiazole rings is 1. The first-order valence-electron chi connectivity index (χ1n) is 7.74. The van der Waals surface area contributed by atoms with Crippen molar-refractivity contribution in [1.82, 2.24) is 10.3 Å². The second-order valence-corrected chi connectivity index (χ2v) is 6.39. The molecular formula is C17H23N3O2S. The molecular weight excluding hydrogens is 310 g/mol. The highest BCUT2D eigenvalue weighted by Crippen LogP contribution is 2.28. The van der Waals surface area contributed by atoms with Crippen LogP contribution in [0.5, 0.6) is 0 Å². The Morgan fingerprint density at radius 3 is 2.91 bits per heavy atom. The highest BCUT2D eigenvalue weighted by atomic mass is 32.1. The molecule has 0 radical (unpaired) electrons. The topological polar surface area (TPSA) is 77.2 Å². The van der Waals surface area contributed by atoms with Crippen molar-refractivity contribution in [2.24, 2.45) is 0 Å². The largest absolute Gasteiger partial charge is 0.398 e. The molecule has 1 amide bonds. The van der Waals surface area contributed by atoms with Gasteiger partial charge in [0.25, 0.3) is 0 Å². The lowest BCUT2D eigenvalue weighted by molar-refractivity contribution is -0.120. The Hall–Kier alpha value is -1.92. The molecule has 1 aromatic heterocycles. The molecule has 1 heterocycles. The fraction of sp³-hybridized carbons (Fsp3) is 0.412. The minimum absolute atomic E-state index is 0.0209. The van der Waals surface area contributed by atoms with Crippen molar-refractivity contribution < 1.29 is 9.53 Å². The van der Waals surface area contributed by atoms with Gasteiger partial charge in [0.05, 0.1) is 18.2 Å². The van der Waals surface area contributed by atoms with E-state index in [2.05, 4.69) is 10.3 Å². The monoisotopic (exact) mass is 333 g/mol. The fourth-order valence-corrected chi connectivity index (χ4v) is 2.92. The SMILES string of the molecule is CC(C)OCCCNC(=O)Cc1csc(-c2ccccc2N)n1. The number of nitrogens with zero attached hydrogens (tertiary/aromatic N) is 1. The molecule has 0 unspecified atom stereocenters. The summed E-state index contributed by atoms with van der Waals surface area (Å²) < 4.78 is 5.43. The number of carbonyl (C=O) groups is 1. The lowest BCUT2D eigenvalue weighted by Crippen LogP contribution is -2.27. The summed E-state index contributed by atoms with van der Waals surface area (Å²) in [5.74, 6) is -0.0209. The summed E-state index contributed by atoms with van der Waals surface area (Å²) in [4.78, 5) is 16.4. The molecule has 0 bridgehead atoms. The summed E-state index contributed by atoms with van der Waals surface area (Å²) in [5, 5.41) is 5.64. The van der Waals surface area contributed by atoms with E-state index in [0.29, 0.717) is 18.8 Å². The Bertz CT molecular complexity index is 640. The van der Waals surface area contributed by atoms with E-state index in [9.17, 15) is 4.79 Å². The summed E-state index contributed by atoms with van der Waals surface area (Å²) >= 11 is 1.50. The van der Waals surface area contributed by atoms with Crippen LogP contribution in [0.4, 0.5) is 5.69 Å². The van der Waals surface area contributed by atoms with Gasteiger partial charge in [-0.05, 0) is 32.4 Å². The number of nitrogens with two attached hydrogens (primary N) is 1. The van der Waals surface area contributed by atoms with Crippen LogP contribution >= 0.6 is 11.3 Å². The van der Waals surface area contributed by atoms with Crippen molar-refractivity contribution in [3.8, 4) is 10.6 Å². The fourth-order valence-electron chi connectivity index (χ4n) is 2.05. The van der Waals surface area contributed by atoms with E-state index in [0.717, 1.165) is 22.7 Å². The van der Waals surface area contributed by atoms with Gasteiger partial charge in [-0.15, -0.1) is 11.3 Å². The number of hydrogen-bond acceptors (Lipinski definition) is 5. The van der Waals surface area contributed by atoms with Crippen LogP contribution in [0.25, 0.3) is 10.6 Å². The van der Waals surface area contributed by atoms with Gasteiger partial charge in [0, 0.05) is 29.8 Å². The van der Waals surface area contributed by atoms with Gasteiger partial charge in [-0.2, -0.15) is 0 Å². The number of benzene rings is 1. The molecule has 0 atom stereocenters. The van der Waals surface area contributed by atoms with E-state index in [1.54, 1.807) is 0 Å². The summed E-state index contributed by atoms with van der Waals surface area (Å²) in [6.45, 7) is 5.27. The Labute approximate surface area is 140 Å². The normalized spacial score (nSPS) is 10.9. The van der Waals surface area contributed by atoms with Crippen LogP contribution in [0.2, 0.25) is 0 Å².